The molecule has 1 heterocycles. The number of aromatic nitrogens is 2. The van der Waals surface area contributed by atoms with Gasteiger partial charge in [-0.05, 0) is 36.2 Å². The lowest BCUT2D eigenvalue weighted by molar-refractivity contribution is 0.0518. The molecule has 0 saturated carbocycles. The second-order valence-electron chi connectivity index (χ2n) is 3.57. The summed E-state index contributed by atoms with van der Waals surface area (Å²) in [7, 11) is 0. The summed E-state index contributed by atoms with van der Waals surface area (Å²) >= 11 is 1.15. The van der Waals surface area contributed by atoms with Gasteiger partial charge in [0, 0.05) is 6.42 Å². The second kappa shape index (κ2) is 5.68. The van der Waals surface area contributed by atoms with Crippen LogP contribution in [0.4, 0.5) is 4.39 Å². The lowest BCUT2D eigenvalue weighted by atomic mass is 10.1. The third-order valence-corrected chi connectivity index (χ3v) is 3.02. The Morgan fingerprint density at radius 2 is 2.11 bits per heavy atom. The first-order valence-corrected chi connectivity index (χ1v) is 6.21. The molecule has 0 fully saturated rings. The van der Waals surface area contributed by atoms with Crippen LogP contribution in [0, 0.1) is 5.82 Å². The summed E-state index contributed by atoms with van der Waals surface area (Å²) < 4.78 is 21.4. The molecule has 0 radical (unpaired) electrons. The number of nitrogens with zero attached hydrogens (tertiary/aromatic N) is 2. The standard InChI is InChI=1S/C12H11FN2O2S/c1-2-17-12(16)11-10(18-15-14-11)7-8-3-5-9(13)6-4-8/h3-6H,2,7H2,1H3. The van der Waals surface area contributed by atoms with E-state index in [0.717, 1.165) is 22.0 Å². The summed E-state index contributed by atoms with van der Waals surface area (Å²) in [5, 5.41) is 3.77. The van der Waals surface area contributed by atoms with E-state index in [1.807, 2.05) is 0 Å². The van der Waals surface area contributed by atoms with Crippen molar-refractivity contribution in [1.82, 2.24) is 9.59 Å². The van der Waals surface area contributed by atoms with E-state index >= 15 is 0 Å². The fourth-order valence-electron chi connectivity index (χ4n) is 1.47. The zero-order chi connectivity index (χ0) is 13.0. The molecular weight excluding hydrogens is 255 g/mol. The number of halogens is 1. The Morgan fingerprint density at radius 3 is 2.78 bits per heavy atom. The number of carbonyl (C=O) groups excluding carboxylic acids is 1. The van der Waals surface area contributed by atoms with Crippen LogP contribution in [0.2, 0.25) is 0 Å². The Kier molecular flexibility index (Phi) is 3.99. The first-order chi connectivity index (χ1) is 8.70. The van der Waals surface area contributed by atoms with Crippen molar-refractivity contribution in [3.05, 3.63) is 46.2 Å². The van der Waals surface area contributed by atoms with Crippen molar-refractivity contribution in [2.75, 3.05) is 6.61 Å². The van der Waals surface area contributed by atoms with Crippen LogP contribution in [0.3, 0.4) is 0 Å². The number of esters is 1. The molecule has 6 heteroatoms. The van der Waals surface area contributed by atoms with E-state index in [0.29, 0.717) is 13.0 Å². The van der Waals surface area contributed by atoms with Crippen molar-refractivity contribution >= 4 is 17.5 Å². The maximum absolute atomic E-state index is 12.8. The summed E-state index contributed by atoms with van der Waals surface area (Å²) in [5.41, 5.74) is 1.14. The van der Waals surface area contributed by atoms with Crippen molar-refractivity contribution in [2.24, 2.45) is 0 Å². The van der Waals surface area contributed by atoms with Crippen LogP contribution in [0.5, 0.6) is 0 Å². The van der Waals surface area contributed by atoms with Gasteiger partial charge in [-0.1, -0.05) is 16.6 Å². The maximum Gasteiger partial charge on any atom is 0.360 e. The monoisotopic (exact) mass is 266 g/mol. The van der Waals surface area contributed by atoms with Crippen LogP contribution in [0.15, 0.2) is 24.3 Å². The molecule has 2 rings (SSSR count). The summed E-state index contributed by atoms with van der Waals surface area (Å²) in [4.78, 5) is 12.3. The first-order valence-electron chi connectivity index (χ1n) is 5.43. The molecule has 0 N–H and O–H groups in total. The fourth-order valence-corrected chi connectivity index (χ4v) is 2.13. The van der Waals surface area contributed by atoms with Crippen molar-refractivity contribution in [3.63, 3.8) is 0 Å². The molecule has 0 unspecified atom stereocenters. The second-order valence-corrected chi connectivity index (χ2v) is 4.41. The summed E-state index contributed by atoms with van der Waals surface area (Å²) in [6.07, 6.45) is 0.492. The van der Waals surface area contributed by atoms with Crippen molar-refractivity contribution in [3.8, 4) is 0 Å². The quantitative estimate of drug-likeness (QED) is 0.798. The molecule has 0 bridgehead atoms. The molecule has 0 aliphatic heterocycles. The number of ether oxygens (including phenoxy) is 1. The summed E-state index contributed by atoms with van der Waals surface area (Å²) in [6, 6.07) is 6.11. The van der Waals surface area contributed by atoms with Gasteiger partial charge in [0.1, 0.15) is 5.82 Å². The fraction of sp³-hybridized carbons (Fsp3) is 0.250. The van der Waals surface area contributed by atoms with Gasteiger partial charge in [-0.15, -0.1) is 5.10 Å². The number of hydrogen-bond donors (Lipinski definition) is 0. The zero-order valence-corrected chi connectivity index (χ0v) is 10.5. The first kappa shape index (κ1) is 12.6. The highest BCUT2D eigenvalue weighted by molar-refractivity contribution is 7.05. The van der Waals surface area contributed by atoms with Crippen molar-refractivity contribution in [2.45, 2.75) is 13.3 Å². The van der Waals surface area contributed by atoms with Gasteiger partial charge in [-0.2, -0.15) is 0 Å². The predicted octanol–water partition coefficient (Wildman–Crippen LogP) is 2.44. The summed E-state index contributed by atoms with van der Waals surface area (Å²) in [5.74, 6) is -0.754. The number of rotatable bonds is 4. The smallest absolute Gasteiger partial charge is 0.360 e. The van der Waals surface area contributed by atoms with Gasteiger partial charge < -0.3 is 4.74 Å². The SMILES string of the molecule is CCOC(=O)c1nnsc1Cc1ccc(F)cc1. The third-order valence-electron chi connectivity index (χ3n) is 2.30. The van der Waals surface area contributed by atoms with E-state index < -0.39 is 5.97 Å². The van der Waals surface area contributed by atoms with Crippen LogP contribution in [-0.4, -0.2) is 22.2 Å². The Balaban J connectivity index is 2.17. The normalized spacial score (nSPS) is 10.3. The molecule has 0 aliphatic rings. The van der Waals surface area contributed by atoms with E-state index in [9.17, 15) is 9.18 Å². The van der Waals surface area contributed by atoms with Gasteiger partial charge in [0.15, 0.2) is 5.69 Å². The molecule has 1 aromatic carbocycles. The van der Waals surface area contributed by atoms with E-state index in [-0.39, 0.29) is 11.5 Å². The van der Waals surface area contributed by atoms with Gasteiger partial charge in [0.25, 0.3) is 0 Å². The molecule has 0 amide bonds. The van der Waals surface area contributed by atoms with Gasteiger partial charge in [0.2, 0.25) is 0 Å². The largest absolute Gasteiger partial charge is 0.461 e. The molecular formula is C12H11FN2O2S. The van der Waals surface area contributed by atoms with E-state index in [1.54, 1.807) is 19.1 Å². The van der Waals surface area contributed by atoms with Crippen molar-refractivity contribution < 1.29 is 13.9 Å². The Bertz CT molecular complexity index is 539. The molecule has 0 spiro atoms. The Labute approximate surface area is 108 Å². The van der Waals surface area contributed by atoms with Gasteiger partial charge >= 0.3 is 5.97 Å². The lowest BCUT2D eigenvalue weighted by Gasteiger charge is -2.01. The molecule has 2 aromatic rings. The minimum atomic E-state index is -0.469. The van der Waals surface area contributed by atoms with Crippen LogP contribution >= 0.6 is 11.5 Å². The summed E-state index contributed by atoms with van der Waals surface area (Å²) in [6.45, 7) is 2.03. The molecule has 18 heavy (non-hydrogen) atoms. The number of carbonyl (C=O) groups is 1. The van der Waals surface area contributed by atoms with Crippen LogP contribution in [-0.2, 0) is 11.2 Å². The topological polar surface area (TPSA) is 52.1 Å². The van der Waals surface area contributed by atoms with Crippen LogP contribution in [0.1, 0.15) is 27.9 Å². The molecule has 1 aromatic heterocycles. The maximum atomic E-state index is 12.8. The minimum absolute atomic E-state index is 0.242. The van der Waals surface area contributed by atoms with Crippen molar-refractivity contribution in [1.29, 1.82) is 0 Å². The zero-order valence-electron chi connectivity index (χ0n) is 9.72. The van der Waals surface area contributed by atoms with Gasteiger partial charge in [0.05, 0.1) is 11.5 Å². The van der Waals surface area contributed by atoms with Crippen LogP contribution in [0.25, 0.3) is 0 Å². The Hall–Kier alpha value is -1.82. The third kappa shape index (κ3) is 2.89. The molecule has 0 atom stereocenters. The number of hydrogen-bond acceptors (Lipinski definition) is 5. The highest BCUT2D eigenvalue weighted by atomic mass is 32.1. The van der Waals surface area contributed by atoms with E-state index in [1.165, 1.54) is 12.1 Å². The van der Waals surface area contributed by atoms with Gasteiger partial charge in [-0.25, -0.2) is 9.18 Å². The lowest BCUT2D eigenvalue weighted by Crippen LogP contribution is -2.08. The highest BCUT2D eigenvalue weighted by Crippen LogP contribution is 2.17. The van der Waals surface area contributed by atoms with E-state index in [4.69, 9.17) is 4.74 Å². The van der Waals surface area contributed by atoms with Crippen LogP contribution < -0.4 is 0 Å². The minimum Gasteiger partial charge on any atom is -0.461 e. The molecule has 0 aliphatic carbocycles. The predicted molar refractivity (Wildman–Crippen MR) is 65.1 cm³/mol. The molecule has 0 saturated heterocycles. The average molecular weight is 266 g/mol. The van der Waals surface area contributed by atoms with Gasteiger partial charge in [-0.3, -0.25) is 0 Å². The Morgan fingerprint density at radius 1 is 1.39 bits per heavy atom. The molecule has 4 nitrogen and oxygen atoms in total. The number of benzene rings is 1. The highest BCUT2D eigenvalue weighted by Gasteiger charge is 2.17. The molecule has 94 valence electrons. The van der Waals surface area contributed by atoms with E-state index in [2.05, 4.69) is 9.59 Å². The average Bonchev–Trinajstić information content (AvgIpc) is 2.81.